The molecule has 1 aromatic heterocycles. The van der Waals surface area contributed by atoms with Crippen LogP contribution >= 0.6 is 15.9 Å². The highest BCUT2D eigenvalue weighted by Gasteiger charge is 2.23. The van der Waals surface area contributed by atoms with Gasteiger partial charge in [0.2, 0.25) is 0 Å². The fourth-order valence-corrected chi connectivity index (χ4v) is 3.55. The van der Waals surface area contributed by atoms with Crippen molar-refractivity contribution in [1.82, 2.24) is 15.1 Å². The molecule has 0 saturated carbocycles. The Labute approximate surface area is 178 Å². The third-order valence-corrected chi connectivity index (χ3v) is 5.48. The predicted octanol–water partition coefficient (Wildman–Crippen LogP) is 3.81. The molecule has 1 N–H and O–H groups in total. The van der Waals surface area contributed by atoms with Crippen LogP contribution in [0, 0.1) is 0 Å². The van der Waals surface area contributed by atoms with Crippen molar-refractivity contribution in [3.8, 4) is 0 Å². The van der Waals surface area contributed by atoms with Gasteiger partial charge in [-0.15, -0.1) is 10.2 Å². The van der Waals surface area contributed by atoms with E-state index in [4.69, 9.17) is 0 Å². The summed E-state index contributed by atoms with van der Waals surface area (Å²) in [5, 5.41) is 11.9. The summed E-state index contributed by atoms with van der Waals surface area (Å²) in [5.74, 6) is 1.66. The largest absolute Gasteiger partial charge is 0.365 e. The van der Waals surface area contributed by atoms with Crippen LogP contribution in [0.3, 0.4) is 0 Å². The molecule has 7 heteroatoms. The summed E-state index contributed by atoms with van der Waals surface area (Å²) < 4.78 is 0.971. The molecule has 29 heavy (non-hydrogen) atoms. The summed E-state index contributed by atoms with van der Waals surface area (Å²) in [7, 11) is 0. The molecular formula is C22H22BrN5O. The first kappa shape index (κ1) is 19.4. The Hall–Kier alpha value is -2.93. The summed E-state index contributed by atoms with van der Waals surface area (Å²) >= 11 is 3.40. The Morgan fingerprint density at radius 1 is 0.897 bits per heavy atom. The molecule has 1 fully saturated rings. The number of piperazine rings is 1. The lowest BCUT2D eigenvalue weighted by Gasteiger charge is -2.35. The molecule has 1 saturated heterocycles. The first-order valence-electron chi connectivity index (χ1n) is 9.60. The molecule has 0 bridgehead atoms. The third kappa shape index (κ3) is 4.92. The highest BCUT2D eigenvalue weighted by Crippen LogP contribution is 2.17. The number of anilines is 2. The molecule has 1 aliphatic rings. The molecular weight excluding hydrogens is 430 g/mol. The summed E-state index contributed by atoms with van der Waals surface area (Å²) in [5.41, 5.74) is 1.92. The van der Waals surface area contributed by atoms with Crippen LogP contribution in [-0.4, -0.2) is 47.2 Å². The van der Waals surface area contributed by atoms with Gasteiger partial charge in [0.1, 0.15) is 5.82 Å². The lowest BCUT2D eigenvalue weighted by atomic mass is 10.2. The number of nitrogens with one attached hydrogen (secondary N) is 1. The van der Waals surface area contributed by atoms with E-state index in [9.17, 15) is 4.79 Å². The lowest BCUT2D eigenvalue weighted by Crippen LogP contribution is -2.49. The summed E-state index contributed by atoms with van der Waals surface area (Å²) in [6, 6.07) is 21.6. The Kier molecular flexibility index (Phi) is 6.05. The van der Waals surface area contributed by atoms with E-state index in [0.717, 1.165) is 34.8 Å². The summed E-state index contributed by atoms with van der Waals surface area (Å²) in [6.07, 6.45) is 0. The molecule has 1 aliphatic heterocycles. The SMILES string of the molecule is O=C(c1ccc(Br)cc1)N1CCN(c2ccc(NCc3ccccc3)nn2)CC1. The van der Waals surface area contributed by atoms with Crippen molar-refractivity contribution in [3.05, 3.63) is 82.3 Å². The minimum atomic E-state index is 0.0729. The van der Waals surface area contributed by atoms with Gasteiger partial charge in [0, 0.05) is 42.8 Å². The lowest BCUT2D eigenvalue weighted by molar-refractivity contribution is 0.0746. The average Bonchev–Trinajstić information content (AvgIpc) is 2.79. The molecule has 0 spiro atoms. The topological polar surface area (TPSA) is 61.4 Å². The van der Waals surface area contributed by atoms with Gasteiger partial charge in [-0.3, -0.25) is 4.79 Å². The summed E-state index contributed by atoms with van der Waals surface area (Å²) in [4.78, 5) is 16.7. The predicted molar refractivity (Wildman–Crippen MR) is 118 cm³/mol. The minimum Gasteiger partial charge on any atom is -0.365 e. The Bertz CT molecular complexity index is 939. The standard InChI is InChI=1S/C22H22BrN5O/c23-19-8-6-18(7-9-19)22(29)28-14-12-27(13-15-28)21-11-10-20(25-26-21)24-16-17-4-2-1-3-5-17/h1-11H,12-16H2,(H,24,25). The number of aromatic nitrogens is 2. The molecule has 2 heterocycles. The van der Waals surface area contributed by atoms with E-state index in [1.165, 1.54) is 5.56 Å². The minimum absolute atomic E-state index is 0.0729. The molecule has 148 valence electrons. The van der Waals surface area contributed by atoms with Gasteiger partial charge in [-0.2, -0.15) is 0 Å². The molecule has 0 atom stereocenters. The highest BCUT2D eigenvalue weighted by atomic mass is 79.9. The quantitative estimate of drug-likeness (QED) is 0.638. The molecule has 4 rings (SSSR count). The fourth-order valence-electron chi connectivity index (χ4n) is 3.29. The van der Waals surface area contributed by atoms with Crippen molar-refractivity contribution in [2.45, 2.75) is 6.54 Å². The first-order valence-corrected chi connectivity index (χ1v) is 10.4. The van der Waals surface area contributed by atoms with Gasteiger partial charge in [-0.05, 0) is 42.0 Å². The van der Waals surface area contributed by atoms with E-state index in [2.05, 4.69) is 48.5 Å². The second kappa shape index (κ2) is 9.05. The molecule has 1 amide bonds. The van der Waals surface area contributed by atoms with Crippen molar-refractivity contribution in [2.24, 2.45) is 0 Å². The maximum atomic E-state index is 12.6. The van der Waals surface area contributed by atoms with E-state index >= 15 is 0 Å². The van der Waals surface area contributed by atoms with Gasteiger partial charge in [0.05, 0.1) is 0 Å². The fraction of sp³-hybridized carbons (Fsp3) is 0.227. The molecule has 2 aromatic carbocycles. The van der Waals surface area contributed by atoms with E-state index in [1.807, 2.05) is 59.5 Å². The van der Waals surface area contributed by atoms with Crippen molar-refractivity contribution in [3.63, 3.8) is 0 Å². The van der Waals surface area contributed by atoms with E-state index < -0.39 is 0 Å². The molecule has 6 nitrogen and oxygen atoms in total. The van der Waals surface area contributed by atoms with Crippen LogP contribution in [0.2, 0.25) is 0 Å². The number of carbonyl (C=O) groups excluding carboxylic acids is 1. The normalized spacial score (nSPS) is 14.0. The monoisotopic (exact) mass is 451 g/mol. The van der Waals surface area contributed by atoms with Crippen LogP contribution in [0.1, 0.15) is 15.9 Å². The van der Waals surface area contributed by atoms with Gasteiger partial charge in [0.15, 0.2) is 5.82 Å². The van der Waals surface area contributed by atoms with Crippen LogP contribution in [0.4, 0.5) is 11.6 Å². The van der Waals surface area contributed by atoms with Gasteiger partial charge in [-0.1, -0.05) is 46.3 Å². The number of carbonyl (C=O) groups is 1. The van der Waals surface area contributed by atoms with Crippen LogP contribution < -0.4 is 10.2 Å². The van der Waals surface area contributed by atoms with Crippen molar-refractivity contribution >= 4 is 33.5 Å². The smallest absolute Gasteiger partial charge is 0.253 e. The zero-order chi connectivity index (χ0) is 20.1. The van der Waals surface area contributed by atoms with Gasteiger partial charge < -0.3 is 15.1 Å². The zero-order valence-electron chi connectivity index (χ0n) is 16.0. The van der Waals surface area contributed by atoms with E-state index in [1.54, 1.807) is 0 Å². The molecule has 0 aliphatic carbocycles. The number of benzene rings is 2. The summed E-state index contributed by atoms with van der Waals surface area (Å²) in [6.45, 7) is 3.54. The van der Waals surface area contributed by atoms with Crippen LogP contribution in [0.15, 0.2) is 71.2 Å². The second-order valence-electron chi connectivity index (χ2n) is 6.90. The Balaban J connectivity index is 1.30. The number of nitrogens with zero attached hydrogens (tertiary/aromatic N) is 4. The maximum Gasteiger partial charge on any atom is 0.253 e. The zero-order valence-corrected chi connectivity index (χ0v) is 17.5. The third-order valence-electron chi connectivity index (χ3n) is 4.95. The number of halogens is 1. The number of amides is 1. The van der Waals surface area contributed by atoms with Crippen LogP contribution in [0.25, 0.3) is 0 Å². The van der Waals surface area contributed by atoms with Crippen LogP contribution in [-0.2, 0) is 6.54 Å². The molecule has 0 radical (unpaired) electrons. The average molecular weight is 452 g/mol. The van der Waals surface area contributed by atoms with Crippen LogP contribution in [0.5, 0.6) is 0 Å². The van der Waals surface area contributed by atoms with Gasteiger partial charge in [0.25, 0.3) is 5.91 Å². The van der Waals surface area contributed by atoms with Crippen molar-refractivity contribution in [2.75, 3.05) is 36.4 Å². The highest BCUT2D eigenvalue weighted by molar-refractivity contribution is 9.10. The molecule has 3 aromatic rings. The first-order chi connectivity index (χ1) is 14.2. The van der Waals surface area contributed by atoms with Crippen molar-refractivity contribution < 1.29 is 4.79 Å². The van der Waals surface area contributed by atoms with Gasteiger partial charge >= 0.3 is 0 Å². The second-order valence-corrected chi connectivity index (χ2v) is 7.82. The Morgan fingerprint density at radius 2 is 1.62 bits per heavy atom. The number of hydrogen-bond donors (Lipinski definition) is 1. The van der Waals surface area contributed by atoms with E-state index in [-0.39, 0.29) is 5.91 Å². The van der Waals surface area contributed by atoms with Crippen molar-refractivity contribution in [1.29, 1.82) is 0 Å². The number of hydrogen-bond acceptors (Lipinski definition) is 5. The maximum absolute atomic E-state index is 12.6. The van der Waals surface area contributed by atoms with E-state index in [0.29, 0.717) is 19.6 Å². The van der Waals surface area contributed by atoms with Gasteiger partial charge in [-0.25, -0.2) is 0 Å². The Morgan fingerprint density at radius 3 is 2.28 bits per heavy atom. The number of rotatable bonds is 5. The molecule has 0 unspecified atom stereocenters.